The standard InChI is InChI=1S/2C14H20O2.2C13H18O2.2C11H16.4C10H14O.20CH4/c2*1-4-11(3)14(15)16-13(5-2)12-9-7-6-8-10-12;2*1-4-10(2)13(14)15-11(3)12-8-6-5-7-9-12;2*1-4-10(3)11-7-5-9(2)6-8-11;2*1-3-8(2)9-4-6-10(11)7-5-9;2*1-3-8(2)9-5-4-6-10(11)7-9;;;;;;;;;;;;;;;;;;;;/h2*6-11,13H,4-5H2,1-3H3;2*5-11H,4H2,1-3H3;2*5-8,10H,4H2,1-3H3;4*4-8,11H,3H2,1-2H3;20*1H4. The highest BCUT2D eigenvalue weighted by Crippen LogP contribution is 2.30. The summed E-state index contributed by atoms with van der Waals surface area (Å²) in [4.78, 5) is 46.5. The van der Waals surface area contributed by atoms with E-state index in [0.717, 1.165) is 86.5 Å². The van der Waals surface area contributed by atoms with Crippen LogP contribution in [0.3, 0.4) is 0 Å². The molecule has 0 aromatic heterocycles. The largest absolute Gasteiger partial charge is 0.508 e. The second-order valence-electron chi connectivity index (χ2n) is 33.8. The van der Waals surface area contributed by atoms with E-state index >= 15 is 0 Å². The Balaban J connectivity index is -0.0000000675. The number of hydrogen-bond donors (Lipinski definition) is 4. The number of esters is 4. The Kier molecular flexibility index (Phi) is 136. The van der Waals surface area contributed by atoms with Gasteiger partial charge < -0.3 is 39.4 Å². The van der Waals surface area contributed by atoms with Gasteiger partial charge in [0.05, 0.1) is 23.7 Å². The van der Waals surface area contributed by atoms with Crippen molar-refractivity contribution in [2.24, 2.45) is 23.7 Å². The van der Waals surface area contributed by atoms with E-state index in [0.29, 0.717) is 58.5 Å². The number of aromatic hydroxyl groups is 4. The number of aryl methyl sites for hydroxylation is 2. The normalized spacial score (nSPS) is 11.7. The average molecular weight is 2070 g/mol. The predicted molar refractivity (Wildman–Crippen MR) is 672 cm³/mol. The third-order valence-corrected chi connectivity index (χ3v) is 23.6. The molecule has 0 amide bonds. The van der Waals surface area contributed by atoms with Crippen LogP contribution in [0.4, 0.5) is 0 Å². The Morgan fingerprint density at radius 1 is 0.189 bits per heavy atom. The minimum atomic E-state index is -0.160. The average Bonchev–Trinajstić information content (AvgIpc) is 0.882. The molecule has 0 saturated heterocycles. The van der Waals surface area contributed by atoms with Crippen molar-refractivity contribution >= 4 is 23.9 Å². The van der Waals surface area contributed by atoms with Crippen LogP contribution in [0.25, 0.3) is 0 Å². The molecule has 0 spiro atoms. The van der Waals surface area contributed by atoms with Crippen LogP contribution >= 0.6 is 0 Å². The van der Waals surface area contributed by atoms with Gasteiger partial charge in [0.1, 0.15) is 47.4 Å². The fourth-order valence-corrected chi connectivity index (χ4v) is 11.9. The minimum absolute atomic E-state index is 0. The molecule has 0 radical (unpaired) electrons. The highest BCUT2D eigenvalue weighted by Gasteiger charge is 2.22. The van der Waals surface area contributed by atoms with Crippen LogP contribution in [0, 0.1) is 37.5 Å². The molecule has 0 aliphatic rings. The zero-order valence-electron chi connectivity index (χ0n) is 83.0. The quantitative estimate of drug-likeness (QED) is 0.0247. The number of phenols is 4. The van der Waals surface area contributed by atoms with Gasteiger partial charge in [0, 0.05) is 0 Å². The molecule has 14 atom stereocenters. The first kappa shape index (κ1) is 185. The molecule has 4 N–H and O–H groups in total. The maximum Gasteiger partial charge on any atom is 0.309 e. The SMILES string of the molecule is C.C.C.C.C.C.C.C.C.C.C.C.C.C.C.C.C.C.C.C.CCC(C)C(=O)OC(C)c1ccccc1.CCC(C)C(=O)OC(C)c1ccccc1.CCC(C)C(=O)OC(CC)c1ccccc1.CCC(C)C(=O)OC(CC)c1ccccc1.CCC(C)c1ccc(C)cc1.CCC(C)c1ccc(C)cc1.CCC(C)c1ccc(O)cc1.CCC(C)c1ccc(O)cc1.CCC(C)c1cccc(O)c1.CCC(C)c1cccc(O)c1. The minimum Gasteiger partial charge on any atom is -0.508 e. The zero-order valence-corrected chi connectivity index (χ0v) is 83.0. The Morgan fingerprint density at radius 2 is 0.365 bits per heavy atom. The Labute approximate surface area is 922 Å². The van der Waals surface area contributed by atoms with E-state index in [4.69, 9.17) is 39.4 Å². The van der Waals surface area contributed by atoms with Crippen molar-refractivity contribution in [2.45, 2.75) is 466 Å². The van der Waals surface area contributed by atoms with Gasteiger partial charge >= 0.3 is 23.9 Å². The molecular weight excluding hydrogens is 1830 g/mol. The monoisotopic (exact) mass is 2070 g/mol. The van der Waals surface area contributed by atoms with Gasteiger partial charge in [-0.1, -0.05) is 530 Å². The molecule has 0 saturated carbocycles. The van der Waals surface area contributed by atoms with Crippen molar-refractivity contribution in [3.63, 3.8) is 0 Å². The first-order chi connectivity index (χ1) is 61.1. The Hall–Kier alpha value is -10.7. The van der Waals surface area contributed by atoms with Gasteiger partial charge in [-0.05, 0) is 244 Å². The van der Waals surface area contributed by atoms with E-state index in [1.807, 2.05) is 265 Å². The van der Waals surface area contributed by atoms with Crippen LogP contribution in [-0.2, 0) is 38.1 Å². The summed E-state index contributed by atoms with van der Waals surface area (Å²) in [6, 6.07) is 86.8. The lowest BCUT2D eigenvalue weighted by atomic mass is 9.98. The molecule has 148 heavy (non-hydrogen) atoms. The van der Waals surface area contributed by atoms with Gasteiger partial charge in [-0.15, -0.1) is 0 Å². The first-order valence-corrected chi connectivity index (χ1v) is 47.4. The van der Waals surface area contributed by atoms with Crippen molar-refractivity contribution in [1.82, 2.24) is 0 Å². The molecule has 0 bridgehead atoms. The molecule has 10 aromatic rings. The van der Waals surface area contributed by atoms with Crippen LogP contribution < -0.4 is 0 Å². The van der Waals surface area contributed by atoms with Crippen molar-refractivity contribution in [3.05, 3.63) is 334 Å². The molecule has 14 unspecified atom stereocenters. The number of carbonyl (C=O) groups is 4. The van der Waals surface area contributed by atoms with Crippen molar-refractivity contribution in [1.29, 1.82) is 0 Å². The Morgan fingerprint density at radius 3 is 0.547 bits per heavy atom. The highest BCUT2D eigenvalue weighted by atomic mass is 16.6. The zero-order chi connectivity index (χ0) is 96.1. The fourth-order valence-electron chi connectivity index (χ4n) is 11.9. The summed E-state index contributed by atoms with van der Waals surface area (Å²) < 4.78 is 21.7. The number of carbonyl (C=O) groups excluding carboxylic acids is 4. The molecule has 10 rings (SSSR count). The molecular formula is C136H244O12. The molecule has 12 heteroatoms. The van der Waals surface area contributed by atoms with Crippen LogP contribution in [0.15, 0.2) is 267 Å². The van der Waals surface area contributed by atoms with E-state index in [9.17, 15) is 19.2 Å². The van der Waals surface area contributed by atoms with Gasteiger partial charge in [-0.25, -0.2) is 0 Å². The number of benzene rings is 10. The lowest BCUT2D eigenvalue weighted by molar-refractivity contribution is -0.155. The highest BCUT2D eigenvalue weighted by molar-refractivity contribution is 5.73. The van der Waals surface area contributed by atoms with Crippen LogP contribution in [0.5, 0.6) is 23.0 Å². The van der Waals surface area contributed by atoms with Gasteiger partial charge in [0.2, 0.25) is 0 Å². The van der Waals surface area contributed by atoms with E-state index in [2.05, 4.69) is 145 Å². The van der Waals surface area contributed by atoms with E-state index < -0.39 is 0 Å². The summed E-state index contributed by atoms with van der Waals surface area (Å²) in [5, 5.41) is 36.3. The van der Waals surface area contributed by atoms with E-state index in [-0.39, 0.29) is 220 Å². The summed E-state index contributed by atoms with van der Waals surface area (Å²) in [6.45, 7) is 54.0. The molecule has 0 heterocycles. The predicted octanol–water partition coefficient (Wildman–Crippen LogP) is 45.5. The lowest BCUT2D eigenvalue weighted by Gasteiger charge is -2.18. The number of phenolic OH excluding ortho intramolecular Hbond substituents is 4. The maximum absolute atomic E-state index is 11.7. The second-order valence-corrected chi connectivity index (χ2v) is 33.8. The van der Waals surface area contributed by atoms with Crippen molar-refractivity contribution < 1.29 is 58.6 Å². The topological polar surface area (TPSA) is 186 Å². The fraction of sp³-hybridized carbons (Fsp3) is 0.529. The molecule has 10 aromatic carbocycles. The molecule has 12 nitrogen and oxygen atoms in total. The van der Waals surface area contributed by atoms with E-state index in [1.54, 1.807) is 36.4 Å². The number of rotatable bonds is 30. The van der Waals surface area contributed by atoms with Crippen molar-refractivity contribution in [3.8, 4) is 23.0 Å². The smallest absolute Gasteiger partial charge is 0.309 e. The van der Waals surface area contributed by atoms with Gasteiger partial charge in [0.25, 0.3) is 0 Å². The summed E-state index contributed by atoms with van der Waals surface area (Å²) in [6.07, 6.45) is 11.3. The van der Waals surface area contributed by atoms with Crippen LogP contribution in [0.1, 0.15) is 518 Å². The summed E-state index contributed by atoms with van der Waals surface area (Å²) in [5.41, 5.74) is 14.8. The molecule has 0 aliphatic carbocycles. The lowest BCUT2D eigenvalue weighted by Crippen LogP contribution is -2.17. The summed E-state index contributed by atoms with van der Waals surface area (Å²) in [7, 11) is 0. The maximum atomic E-state index is 11.7. The van der Waals surface area contributed by atoms with Gasteiger partial charge in [-0.2, -0.15) is 0 Å². The number of hydrogen-bond acceptors (Lipinski definition) is 12. The third-order valence-electron chi connectivity index (χ3n) is 23.6. The second kappa shape index (κ2) is 109. The first-order valence-electron chi connectivity index (χ1n) is 47.4. The van der Waals surface area contributed by atoms with Gasteiger partial charge in [-0.3, -0.25) is 19.2 Å². The summed E-state index contributed by atoms with van der Waals surface area (Å²) in [5.74, 6) is 4.60. The summed E-state index contributed by atoms with van der Waals surface area (Å²) >= 11 is 0. The third kappa shape index (κ3) is 77.6. The van der Waals surface area contributed by atoms with Crippen LogP contribution in [0.2, 0.25) is 0 Å². The van der Waals surface area contributed by atoms with E-state index in [1.165, 1.54) is 57.3 Å². The number of ether oxygens (including phenoxy) is 4. The Bertz CT molecular complexity index is 4070. The van der Waals surface area contributed by atoms with Crippen molar-refractivity contribution in [2.75, 3.05) is 0 Å². The molecule has 0 fully saturated rings. The molecule has 0 aliphatic heterocycles. The molecule has 860 valence electrons. The van der Waals surface area contributed by atoms with Crippen LogP contribution in [-0.4, -0.2) is 44.3 Å². The van der Waals surface area contributed by atoms with Gasteiger partial charge in [0.15, 0.2) is 0 Å².